The van der Waals surface area contributed by atoms with Crippen LogP contribution in [-0.2, 0) is 11.3 Å². The minimum Gasteiger partial charge on any atom is -0.335 e. The Morgan fingerprint density at radius 2 is 2.22 bits per heavy atom. The molecule has 0 aliphatic rings. The minimum absolute atomic E-state index is 0.00694. The van der Waals surface area contributed by atoms with Crippen molar-refractivity contribution in [1.29, 1.82) is 0 Å². The van der Waals surface area contributed by atoms with Crippen molar-refractivity contribution in [2.75, 3.05) is 20.1 Å². The van der Waals surface area contributed by atoms with E-state index in [4.69, 9.17) is 0 Å². The lowest BCUT2D eigenvalue weighted by Crippen LogP contribution is -2.32. The molecule has 3 nitrogen and oxygen atoms in total. The van der Waals surface area contributed by atoms with Crippen molar-refractivity contribution < 1.29 is 9.18 Å². The number of carbonyl (C=O) groups excluding carboxylic acids is 1. The molecule has 0 bridgehead atoms. The van der Waals surface area contributed by atoms with Gasteiger partial charge in [0.05, 0.1) is 0 Å². The molecule has 0 aromatic heterocycles. The molecule has 1 N–H and O–H groups in total. The number of benzene rings is 1. The zero-order valence-corrected chi connectivity index (χ0v) is 10.7. The first-order valence-corrected chi connectivity index (χ1v) is 5.95. The van der Waals surface area contributed by atoms with Crippen molar-refractivity contribution in [2.45, 2.75) is 13.0 Å². The van der Waals surface area contributed by atoms with E-state index in [1.165, 1.54) is 6.07 Å². The monoisotopic (exact) mass is 250 g/mol. The van der Waals surface area contributed by atoms with Gasteiger partial charge < -0.3 is 10.2 Å². The summed E-state index contributed by atoms with van der Waals surface area (Å²) in [6, 6.07) is 6.50. The normalized spacial score (nSPS) is 10.1. The fourth-order valence-corrected chi connectivity index (χ4v) is 1.63. The highest BCUT2D eigenvalue weighted by Crippen LogP contribution is 2.10. The van der Waals surface area contributed by atoms with Crippen LogP contribution in [0.5, 0.6) is 0 Å². The molecule has 0 atom stereocenters. The molecule has 1 amide bonds. The van der Waals surface area contributed by atoms with Crippen LogP contribution < -0.4 is 5.32 Å². The van der Waals surface area contributed by atoms with Crippen molar-refractivity contribution in [3.05, 3.63) is 48.3 Å². The van der Waals surface area contributed by atoms with Crippen molar-refractivity contribution in [2.24, 2.45) is 0 Å². The Bertz CT molecular complexity index is 407. The molecule has 1 aromatic rings. The molecule has 18 heavy (non-hydrogen) atoms. The van der Waals surface area contributed by atoms with Gasteiger partial charge in [-0.3, -0.25) is 4.79 Å². The molecule has 98 valence electrons. The molecule has 0 fully saturated rings. The summed E-state index contributed by atoms with van der Waals surface area (Å²) in [6.07, 6.45) is 2.05. The summed E-state index contributed by atoms with van der Waals surface area (Å²) in [5, 5.41) is 2.92. The molecule has 0 aliphatic heterocycles. The topological polar surface area (TPSA) is 32.3 Å². The lowest BCUT2D eigenvalue weighted by molar-refractivity contribution is -0.131. The van der Waals surface area contributed by atoms with E-state index in [-0.39, 0.29) is 18.3 Å². The second-order valence-electron chi connectivity index (χ2n) is 4.01. The Kier molecular flexibility index (Phi) is 6.08. The van der Waals surface area contributed by atoms with E-state index in [1.807, 2.05) is 0 Å². The van der Waals surface area contributed by atoms with Crippen LogP contribution in [0.15, 0.2) is 36.9 Å². The quantitative estimate of drug-likeness (QED) is 0.750. The Morgan fingerprint density at radius 3 is 2.83 bits per heavy atom. The number of carbonyl (C=O) groups is 1. The summed E-state index contributed by atoms with van der Waals surface area (Å²) in [5.74, 6) is -0.291. The Labute approximate surface area is 107 Å². The van der Waals surface area contributed by atoms with Crippen molar-refractivity contribution in [1.82, 2.24) is 10.2 Å². The standard InChI is InChI=1S/C14H19FN2O/c1-3-10-17(14(18)8-9-16-2)11-12-6-4-5-7-13(12)15/h3-7,16H,1,8-11H2,2H3. The molecule has 4 heteroatoms. The van der Waals surface area contributed by atoms with Gasteiger partial charge in [-0.1, -0.05) is 24.3 Å². The van der Waals surface area contributed by atoms with E-state index in [9.17, 15) is 9.18 Å². The maximum Gasteiger partial charge on any atom is 0.224 e. The van der Waals surface area contributed by atoms with E-state index >= 15 is 0 Å². The summed E-state index contributed by atoms with van der Waals surface area (Å²) in [7, 11) is 1.79. The van der Waals surface area contributed by atoms with Crippen molar-refractivity contribution in [3.63, 3.8) is 0 Å². The van der Waals surface area contributed by atoms with E-state index in [2.05, 4.69) is 11.9 Å². The maximum absolute atomic E-state index is 13.5. The first-order chi connectivity index (χ1) is 8.69. The van der Waals surface area contributed by atoms with Gasteiger partial charge in [-0.15, -0.1) is 6.58 Å². The summed E-state index contributed by atoms with van der Waals surface area (Å²) >= 11 is 0. The lowest BCUT2D eigenvalue weighted by Gasteiger charge is -2.21. The second kappa shape index (κ2) is 7.61. The van der Waals surface area contributed by atoms with Crippen molar-refractivity contribution in [3.8, 4) is 0 Å². The minimum atomic E-state index is -0.284. The number of nitrogens with zero attached hydrogens (tertiary/aromatic N) is 1. The maximum atomic E-state index is 13.5. The van der Waals surface area contributed by atoms with Gasteiger partial charge in [-0.25, -0.2) is 4.39 Å². The number of amides is 1. The van der Waals surface area contributed by atoms with Crippen LogP contribution in [0, 0.1) is 5.82 Å². The Hall–Kier alpha value is -1.68. The number of halogens is 1. The molecule has 0 heterocycles. The third-order valence-electron chi connectivity index (χ3n) is 2.61. The highest BCUT2D eigenvalue weighted by atomic mass is 19.1. The summed E-state index contributed by atoms with van der Waals surface area (Å²) in [5.41, 5.74) is 0.525. The molecule has 0 radical (unpaired) electrons. The molecule has 0 saturated heterocycles. The fourth-order valence-electron chi connectivity index (χ4n) is 1.63. The second-order valence-corrected chi connectivity index (χ2v) is 4.01. The van der Waals surface area contributed by atoms with Gasteiger partial charge in [0.2, 0.25) is 5.91 Å². The molecule has 0 unspecified atom stereocenters. The molecular weight excluding hydrogens is 231 g/mol. The van der Waals surface area contributed by atoms with Crippen LogP contribution in [-0.4, -0.2) is 30.9 Å². The number of nitrogens with one attached hydrogen (secondary N) is 1. The number of rotatable bonds is 7. The SMILES string of the molecule is C=CCN(Cc1ccccc1F)C(=O)CCNC. The third-order valence-corrected chi connectivity index (χ3v) is 2.61. The van der Waals surface area contributed by atoms with Gasteiger partial charge >= 0.3 is 0 Å². The predicted molar refractivity (Wildman–Crippen MR) is 70.6 cm³/mol. The number of hydrogen-bond acceptors (Lipinski definition) is 2. The summed E-state index contributed by atoms with van der Waals surface area (Å²) in [6.45, 7) is 4.95. The molecular formula is C14H19FN2O. The van der Waals surface area contributed by atoms with Crippen LogP contribution in [0.25, 0.3) is 0 Å². The van der Waals surface area contributed by atoms with E-state index in [1.54, 1.807) is 36.2 Å². The van der Waals surface area contributed by atoms with Gasteiger partial charge in [-0.05, 0) is 13.1 Å². The molecule has 1 rings (SSSR count). The van der Waals surface area contributed by atoms with Crippen LogP contribution in [0.4, 0.5) is 4.39 Å². The molecule has 0 spiro atoms. The predicted octanol–water partition coefficient (Wildman–Crippen LogP) is 1.95. The fraction of sp³-hybridized carbons (Fsp3) is 0.357. The van der Waals surface area contributed by atoms with Gasteiger partial charge in [0, 0.05) is 31.6 Å². The highest BCUT2D eigenvalue weighted by molar-refractivity contribution is 5.76. The first-order valence-electron chi connectivity index (χ1n) is 5.95. The largest absolute Gasteiger partial charge is 0.335 e. The average Bonchev–Trinajstić information content (AvgIpc) is 2.38. The Balaban J connectivity index is 2.71. The van der Waals surface area contributed by atoms with E-state index < -0.39 is 0 Å². The third kappa shape index (κ3) is 4.30. The van der Waals surface area contributed by atoms with Crippen LogP contribution >= 0.6 is 0 Å². The van der Waals surface area contributed by atoms with Gasteiger partial charge in [0.15, 0.2) is 0 Å². The summed E-state index contributed by atoms with van der Waals surface area (Å²) < 4.78 is 13.5. The van der Waals surface area contributed by atoms with Gasteiger partial charge in [0.25, 0.3) is 0 Å². The van der Waals surface area contributed by atoms with Crippen LogP contribution in [0.1, 0.15) is 12.0 Å². The van der Waals surface area contributed by atoms with Crippen LogP contribution in [0.3, 0.4) is 0 Å². The van der Waals surface area contributed by atoms with Crippen molar-refractivity contribution >= 4 is 5.91 Å². The average molecular weight is 250 g/mol. The zero-order chi connectivity index (χ0) is 13.4. The van der Waals surface area contributed by atoms with Gasteiger partial charge in [0.1, 0.15) is 5.82 Å². The smallest absolute Gasteiger partial charge is 0.224 e. The molecule has 0 aliphatic carbocycles. The lowest BCUT2D eigenvalue weighted by atomic mass is 10.2. The van der Waals surface area contributed by atoms with E-state index in [0.29, 0.717) is 25.1 Å². The highest BCUT2D eigenvalue weighted by Gasteiger charge is 2.13. The Morgan fingerprint density at radius 1 is 1.50 bits per heavy atom. The van der Waals surface area contributed by atoms with Gasteiger partial charge in [-0.2, -0.15) is 0 Å². The number of hydrogen-bond donors (Lipinski definition) is 1. The molecule has 1 aromatic carbocycles. The first kappa shape index (κ1) is 14.4. The molecule has 0 saturated carbocycles. The van der Waals surface area contributed by atoms with E-state index in [0.717, 1.165) is 0 Å². The summed E-state index contributed by atoms with van der Waals surface area (Å²) in [4.78, 5) is 13.5. The van der Waals surface area contributed by atoms with Crippen LogP contribution in [0.2, 0.25) is 0 Å². The zero-order valence-electron chi connectivity index (χ0n) is 10.7.